The predicted octanol–water partition coefficient (Wildman–Crippen LogP) is 3.30. The van der Waals surface area contributed by atoms with Crippen LogP contribution in [0.2, 0.25) is 0 Å². The highest BCUT2D eigenvalue weighted by atomic mass is 16.6. The van der Waals surface area contributed by atoms with Crippen LogP contribution in [0.1, 0.15) is 0 Å². The van der Waals surface area contributed by atoms with Gasteiger partial charge >= 0.3 is 0 Å². The van der Waals surface area contributed by atoms with E-state index in [1.807, 2.05) is 36.4 Å². The second-order valence-corrected chi connectivity index (χ2v) is 3.81. The van der Waals surface area contributed by atoms with Gasteiger partial charge in [-0.15, -0.1) is 0 Å². The van der Waals surface area contributed by atoms with Crippen LogP contribution in [0, 0.1) is 10.1 Å². The molecule has 0 saturated carbocycles. The van der Waals surface area contributed by atoms with Crippen LogP contribution < -0.4 is 0 Å². The van der Waals surface area contributed by atoms with Crippen LogP contribution in [0.4, 0.5) is 5.69 Å². The summed E-state index contributed by atoms with van der Waals surface area (Å²) in [6.45, 7) is 0. The Morgan fingerprint density at radius 3 is 2.65 bits per heavy atom. The standard InChI is InChI=1S/C13H8N2O2/c16-15(17)11-7-10-6-5-9-3-1-2-4-12(9)13(10)14-8-11/h1-8H. The summed E-state index contributed by atoms with van der Waals surface area (Å²) >= 11 is 0. The molecule has 4 heteroatoms. The highest BCUT2D eigenvalue weighted by Gasteiger charge is 2.08. The summed E-state index contributed by atoms with van der Waals surface area (Å²) in [7, 11) is 0. The van der Waals surface area contributed by atoms with Gasteiger partial charge in [0, 0.05) is 16.8 Å². The molecule has 4 nitrogen and oxygen atoms in total. The molecule has 0 saturated heterocycles. The number of nitrogens with zero attached hydrogens (tertiary/aromatic N) is 2. The fraction of sp³-hybridized carbons (Fsp3) is 0. The van der Waals surface area contributed by atoms with Gasteiger partial charge in [-0.25, -0.2) is 4.98 Å². The molecule has 0 bridgehead atoms. The van der Waals surface area contributed by atoms with Crippen LogP contribution in [0.25, 0.3) is 21.7 Å². The average Bonchev–Trinajstić information content (AvgIpc) is 2.38. The minimum atomic E-state index is -0.429. The molecule has 0 fully saturated rings. The molecule has 0 aliphatic carbocycles. The maximum atomic E-state index is 10.7. The third-order valence-electron chi connectivity index (χ3n) is 2.77. The van der Waals surface area contributed by atoms with Crippen LogP contribution >= 0.6 is 0 Å². The zero-order valence-electron chi connectivity index (χ0n) is 8.83. The van der Waals surface area contributed by atoms with Crippen molar-refractivity contribution in [3.63, 3.8) is 0 Å². The van der Waals surface area contributed by atoms with E-state index in [0.717, 1.165) is 21.7 Å². The molecule has 0 amide bonds. The van der Waals surface area contributed by atoms with Crippen LogP contribution in [0.3, 0.4) is 0 Å². The normalized spacial score (nSPS) is 10.8. The van der Waals surface area contributed by atoms with Gasteiger partial charge in [0.15, 0.2) is 0 Å². The number of fused-ring (bicyclic) bond motifs is 3. The molecule has 0 aliphatic rings. The van der Waals surface area contributed by atoms with Gasteiger partial charge in [-0.05, 0) is 5.39 Å². The summed E-state index contributed by atoms with van der Waals surface area (Å²) in [5.74, 6) is 0. The Morgan fingerprint density at radius 1 is 1.06 bits per heavy atom. The number of aromatic nitrogens is 1. The van der Waals surface area contributed by atoms with E-state index in [9.17, 15) is 10.1 Å². The maximum absolute atomic E-state index is 10.7. The molecule has 3 aromatic rings. The SMILES string of the molecule is O=[N+]([O-])c1cnc2c(ccc3ccccc32)c1. The quantitative estimate of drug-likeness (QED) is 0.362. The van der Waals surface area contributed by atoms with E-state index in [1.54, 1.807) is 6.07 Å². The molecular formula is C13H8N2O2. The zero-order chi connectivity index (χ0) is 11.8. The summed E-state index contributed by atoms with van der Waals surface area (Å²) in [6, 6.07) is 13.2. The van der Waals surface area contributed by atoms with Crippen molar-refractivity contribution in [2.75, 3.05) is 0 Å². The van der Waals surface area contributed by atoms with Gasteiger partial charge in [-0.3, -0.25) is 10.1 Å². The Hall–Kier alpha value is -2.49. The first-order valence-corrected chi connectivity index (χ1v) is 5.17. The first-order valence-electron chi connectivity index (χ1n) is 5.17. The third-order valence-corrected chi connectivity index (χ3v) is 2.77. The maximum Gasteiger partial charge on any atom is 0.288 e. The van der Waals surface area contributed by atoms with Crippen molar-refractivity contribution in [2.45, 2.75) is 0 Å². The summed E-state index contributed by atoms with van der Waals surface area (Å²) in [6.07, 6.45) is 1.30. The van der Waals surface area contributed by atoms with Crippen molar-refractivity contribution in [2.24, 2.45) is 0 Å². The molecule has 1 heterocycles. The zero-order valence-corrected chi connectivity index (χ0v) is 8.83. The van der Waals surface area contributed by atoms with Crippen molar-refractivity contribution < 1.29 is 4.92 Å². The minimum Gasteiger partial charge on any atom is -0.258 e. The van der Waals surface area contributed by atoms with Crippen LogP contribution in [0.15, 0.2) is 48.7 Å². The summed E-state index contributed by atoms with van der Waals surface area (Å²) in [5, 5.41) is 13.6. The molecule has 0 radical (unpaired) electrons. The van der Waals surface area contributed by atoms with Gasteiger partial charge in [0.25, 0.3) is 5.69 Å². The highest BCUT2D eigenvalue weighted by Crippen LogP contribution is 2.25. The molecule has 17 heavy (non-hydrogen) atoms. The van der Waals surface area contributed by atoms with Crippen LogP contribution in [-0.2, 0) is 0 Å². The predicted molar refractivity (Wildman–Crippen MR) is 65.9 cm³/mol. The molecule has 0 atom stereocenters. The number of nitro groups is 1. The largest absolute Gasteiger partial charge is 0.288 e. The number of benzene rings is 2. The second-order valence-electron chi connectivity index (χ2n) is 3.81. The van der Waals surface area contributed by atoms with Gasteiger partial charge in [-0.2, -0.15) is 0 Å². The van der Waals surface area contributed by atoms with Crippen molar-refractivity contribution >= 4 is 27.4 Å². The average molecular weight is 224 g/mol. The van der Waals surface area contributed by atoms with E-state index in [0.29, 0.717) is 0 Å². The van der Waals surface area contributed by atoms with E-state index in [1.165, 1.54) is 6.20 Å². The Balaban J connectivity index is 2.41. The first kappa shape index (κ1) is 9.72. The van der Waals surface area contributed by atoms with Crippen molar-refractivity contribution in [3.05, 3.63) is 58.8 Å². The summed E-state index contributed by atoms with van der Waals surface area (Å²) in [5.41, 5.74) is 0.821. The lowest BCUT2D eigenvalue weighted by Gasteiger charge is -2.02. The van der Waals surface area contributed by atoms with Gasteiger partial charge in [0.05, 0.1) is 10.4 Å². The third kappa shape index (κ3) is 1.50. The lowest BCUT2D eigenvalue weighted by Crippen LogP contribution is -1.90. The van der Waals surface area contributed by atoms with E-state index in [-0.39, 0.29) is 5.69 Å². The van der Waals surface area contributed by atoms with Crippen molar-refractivity contribution in [3.8, 4) is 0 Å². The number of hydrogen-bond acceptors (Lipinski definition) is 3. The van der Waals surface area contributed by atoms with Crippen molar-refractivity contribution in [1.29, 1.82) is 0 Å². The molecular weight excluding hydrogens is 216 g/mol. The van der Waals surface area contributed by atoms with Gasteiger partial charge < -0.3 is 0 Å². The Morgan fingerprint density at radius 2 is 1.82 bits per heavy atom. The Kier molecular flexibility index (Phi) is 2.01. The fourth-order valence-corrected chi connectivity index (χ4v) is 1.96. The second kappa shape index (κ2) is 3.52. The molecule has 2 aromatic carbocycles. The van der Waals surface area contributed by atoms with Crippen molar-refractivity contribution in [1.82, 2.24) is 4.98 Å². The number of pyridine rings is 1. The van der Waals surface area contributed by atoms with Crippen LogP contribution in [-0.4, -0.2) is 9.91 Å². The van der Waals surface area contributed by atoms with E-state index < -0.39 is 4.92 Å². The molecule has 3 rings (SSSR count). The van der Waals surface area contributed by atoms with Gasteiger partial charge in [0.1, 0.15) is 6.20 Å². The molecule has 82 valence electrons. The van der Waals surface area contributed by atoms with Crippen LogP contribution in [0.5, 0.6) is 0 Å². The summed E-state index contributed by atoms with van der Waals surface area (Å²) in [4.78, 5) is 14.4. The Labute approximate surface area is 96.7 Å². The molecule has 0 unspecified atom stereocenters. The molecule has 0 aliphatic heterocycles. The number of hydrogen-bond donors (Lipinski definition) is 0. The first-order chi connectivity index (χ1) is 8.25. The van der Waals surface area contributed by atoms with Gasteiger partial charge in [0.2, 0.25) is 0 Å². The van der Waals surface area contributed by atoms with E-state index in [4.69, 9.17) is 0 Å². The number of rotatable bonds is 1. The van der Waals surface area contributed by atoms with Gasteiger partial charge in [-0.1, -0.05) is 36.4 Å². The Bertz CT molecular complexity index is 738. The lowest BCUT2D eigenvalue weighted by atomic mass is 10.1. The fourth-order valence-electron chi connectivity index (χ4n) is 1.96. The molecule has 1 aromatic heterocycles. The highest BCUT2D eigenvalue weighted by molar-refractivity contribution is 6.05. The minimum absolute atomic E-state index is 0.0211. The topological polar surface area (TPSA) is 56.0 Å². The lowest BCUT2D eigenvalue weighted by molar-refractivity contribution is -0.385. The van der Waals surface area contributed by atoms with E-state index in [2.05, 4.69) is 4.98 Å². The monoisotopic (exact) mass is 224 g/mol. The molecule has 0 N–H and O–H groups in total. The smallest absolute Gasteiger partial charge is 0.258 e. The summed E-state index contributed by atoms with van der Waals surface area (Å²) < 4.78 is 0. The van der Waals surface area contributed by atoms with E-state index >= 15 is 0 Å². The molecule has 0 spiro atoms.